The van der Waals surface area contributed by atoms with Gasteiger partial charge in [0.15, 0.2) is 0 Å². The Morgan fingerprint density at radius 3 is 2.57 bits per heavy atom. The fourth-order valence-electron chi connectivity index (χ4n) is 2.44. The summed E-state index contributed by atoms with van der Waals surface area (Å²) in [5, 5.41) is 10.0. The number of thioether (sulfide) groups is 1. The lowest BCUT2D eigenvalue weighted by Gasteiger charge is -2.16. The van der Waals surface area contributed by atoms with Crippen LogP contribution in [0.5, 0.6) is 0 Å². The van der Waals surface area contributed by atoms with Crippen molar-refractivity contribution in [2.45, 2.75) is 43.9 Å². The highest BCUT2D eigenvalue weighted by atomic mass is 32.2. The molecule has 2 aromatic rings. The van der Waals surface area contributed by atoms with Gasteiger partial charge >= 0.3 is 6.03 Å². The van der Waals surface area contributed by atoms with Gasteiger partial charge in [-0.25, -0.2) is 4.79 Å². The zero-order valence-electron chi connectivity index (χ0n) is 13.9. The highest BCUT2D eigenvalue weighted by Gasteiger charge is 2.18. The third kappa shape index (κ3) is 5.03. The van der Waals surface area contributed by atoms with Crippen molar-refractivity contribution in [3.05, 3.63) is 47.3 Å². The fraction of sp³-hybridized carbons (Fsp3) is 0.412. The highest BCUT2D eigenvalue weighted by Crippen LogP contribution is 2.22. The number of nitrogens with one attached hydrogen (secondary N) is 2. The summed E-state index contributed by atoms with van der Waals surface area (Å²) in [4.78, 5) is 13.2. The topological polar surface area (TPSA) is 67.2 Å². The molecule has 1 aromatic carbocycles. The van der Waals surface area contributed by atoms with E-state index in [4.69, 9.17) is 4.52 Å². The van der Waals surface area contributed by atoms with Crippen LogP contribution in [0.2, 0.25) is 0 Å². The van der Waals surface area contributed by atoms with Gasteiger partial charge in [-0.15, -0.1) is 11.8 Å². The monoisotopic (exact) mass is 333 g/mol. The van der Waals surface area contributed by atoms with Gasteiger partial charge in [0.05, 0.1) is 11.7 Å². The van der Waals surface area contributed by atoms with Crippen molar-refractivity contribution < 1.29 is 9.32 Å². The standard InChI is InChI=1S/C17H23N3O2S/c1-11(23-15-8-6-5-7-9-15)10-18-17(21)19-12(2)16-13(3)20-22-14(16)4/h5-9,11-12H,10H2,1-4H3,(H2,18,19,21)/t11-,12-/m0/s1. The van der Waals surface area contributed by atoms with E-state index in [0.29, 0.717) is 6.54 Å². The number of carbonyl (C=O) groups is 1. The first kappa shape index (κ1) is 17.4. The number of hydrogen-bond donors (Lipinski definition) is 2. The van der Waals surface area contributed by atoms with Crippen molar-refractivity contribution in [1.29, 1.82) is 0 Å². The normalized spacial score (nSPS) is 13.4. The van der Waals surface area contributed by atoms with Crippen LogP contribution in [0.1, 0.15) is 36.9 Å². The molecule has 1 aromatic heterocycles. The largest absolute Gasteiger partial charge is 0.361 e. The molecule has 0 saturated carbocycles. The summed E-state index contributed by atoms with van der Waals surface area (Å²) < 4.78 is 5.14. The average molecular weight is 333 g/mol. The molecule has 0 aliphatic rings. The zero-order chi connectivity index (χ0) is 16.8. The van der Waals surface area contributed by atoms with E-state index in [9.17, 15) is 4.79 Å². The van der Waals surface area contributed by atoms with Crippen molar-refractivity contribution in [2.75, 3.05) is 6.54 Å². The van der Waals surface area contributed by atoms with Crippen molar-refractivity contribution in [3.8, 4) is 0 Å². The molecule has 0 aliphatic heterocycles. The minimum Gasteiger partial charge on any atom is -0.361 e. The lowest BCUT2D eigenvalue weighted by Crippen LogP contribution is -2.39. The second-order valence-electron chi connectivity index (χ2n) is 5.56. The smallest absolute Gasteiger partial charge is 0.315 e. The Morgan fingerprint density at radius 1 is 1.26 bits per heavy atom. The first-order chi connectivity index (χ1) is 11.0. The average Bonchev–Trinajstić information content (AvgIpc) is 2.85. The molecular weight excluding hydrogens is 310 g/mol. The molecule has 0 radical (unpaired) electrons. The van der Waals surface area contributed by atoms with Gasteiger partial charge in [0.25, 0.3) is 0 Å². The van der Waals surface area contributed by atoms with Crippen LogP contribution in [-0.4, -0.2) is 23.0 Å². The number of aromatic nitrogens is 1. The van der Waals surface area contributed by atoms with E-state index in [-0.39, 0.29) is 17.3 Å². The van der Waals surface area contributed by atoms with Crippen LogP contribution in [-0.2, 0) is 0 Å². The summed E-state index contributed by atoms with van der Waals surface area (Å²) in [7, 11) is 0. The Kier molecular flexibility index (Phi) is 6.10. The molecule has 2 N–H and O–H groups in total. The van der Waals surface area contributed by atoms with Crippen LogP contribution in [0.4, 0.5) is 4.79 Å². The van der Waals surface area contributed by atoms with E-state index < -0.39 is 0 Å². The molecule has 0 fully saturated rings. The van der Waals surface area contributed by atoms with E-state index in [1.807, 2.05) is 39.0 Å². The Labute approximate surface area is 141 Å². The van der Waals surface area contributed by atoms with Crippen LogP contribution >= 0.6 is 11.8 Å². The van der Waals surface area contributed by atoms with E-state index in [2.05, 4.69) is 34.8 Å². The highest BCUT2D eigenvalue weighted by molar-refractivity contribution is 8.00. The van der Waals surface area contributed by atoms with Gasteiger partial charge in [-0.1, -0.05) is 30.3 Å². The van der Waals surface area contributed by atoms with Gasteiger partial charge < -0.3 is 15.2 Å². The molecule has 23 heavy (non-hydrogen) atoms. The summed E-state index contributed by atoms with van der Waals surface area (Å²) in [5.41, 5.74) is 1.75. The maximum Gasteiger partial charge on any atom is 0.315 e. The number of nitrogens with zero attached hydrogens (tertiary/aromatic N) is 1. The molecule has 0 bridgehead atoms. The molecule has 0 spiro atoms. The van der Waals surface area contributed by atoms with Gasteiger partial charge in [-0.2, -0.15) is 0 Å². The summed E-state index contributed by atoms with van der Waals surface area (Å²) in [5.74, 6) is 0.739. The quantitative estimate of drug-likeness (QED) is 0.788. The van der Waals surface area contributed by atoms with Crippen LogP contribution in [0.3, 0.4) is 0 Å². The number of aryl methyl sites for hydroxylation is 2. The Morgan fingerprint density at radius 2 is 1.96 bits per heavy atom. The van der Waals surface area contributed by atoms with Gasteiger partial charge in [-0.3, -0.25) is 0 Å². The Hall–Kier alpha value is -1.95. The molecule has 0 aliphatic carbocycles. The predicted octanol–water partition coefficient (Wildman–Crippen LogP) is 3.83. The zero-order valence-corrected chi connectivity index (χ0v) is 14.7. The second kappa shape index (κ2) is 8.06. The number of amides is 2. The van der Waals surface area contributed by atoms with Crippen molar-refractivity contribution >= 4 is 17.8 Å². The fourth-order valence-corrected chi connectivity index (χ4v) is 3.38. The summed E-state index contributed by atoms with van der Waals surface area (Å²) in [6, 6.07) is 9.84. The Bertz CT molecular complexity index is 623. The van der Waals surface area contributed by atoms with Gasteiger partial charge in [0.1, 0.15) is 5.76 Å². The third-order valence-corrected chi connectivity index (χ3v) is 4.61. The number of urea groups is 1. The molecule has 6 heteroatoms. The van der Waals surface area contributed by atoms with Crippen LogP contribution in [0.15, 0.2) is 39.8 Å². The molecule has 2 atom stereocenters. The predicted molar refractivity (Wildman–Crippen MR) is 92.7 cm³/mol. The first-order valence-corrected chi connectivity index (χ1v) is 8.54. The molecule has 0 saturated heterocycles. The van der Waals surface area contributed by atoms with Crippen LogP contribution in [0, 0.1) is 13.8 Å². The number of carbonyl (C=O) groups excluding carboxylic acids is 1. The molecular formula is C17H23N3O2S. The summed E-state index contributed by atoms with van der Waals surface area (Å²) in [6.07, 6.45) is 0. The van der Waals surface area contributed by atoms with Crippen molar-refractivity contribution in [2.24, 2.45) is 0 Å². The number of benzene rings is 1. The maximum absolute atomic E-state index is 12.0. The van der Waals surface area contributed by atoms with E-state index in [1.165, 1.54) is 4.90 Å². The van der Waals surface area contributed by atoms with E-state index >= 15 is 0 Å². The second-order valence-corrected chi connectivity index (χ2v) is 7.07. The van der Waals surface area contributed by atoms with Crippen LogP contribution in [0.25, 0.3) is 0 Å². The lowest BCUT2D eigenvalue weighted by atomic mass is 10.1. The summed E-state index contributed by atoms with van der Waals surface area (Å²) in [6.45, 7) is 8.34. The minimum atomic E-state index is -0.182. The maximum atomic E-state index is 12.0. The molecule has 1 heterocycles. The summed E-state index contributed by atoms with van der Waals surface area (Å²) >= 11 is 1.74. The third-order valence-electron chi connectivity index (χ3n) is 3.50. The van der Waals surface area contributed by atoms with Crippen molar-refractivity contribution in [3.63, 3.8) is 0 Å². The number of rotatable bonds is 6. The molecule has 2 amide bonds. The minimum absolute atomic E-state index is 0.140. The Balaban J connectivity index is 1.79. The van der Waals surface area contributed by atoms with Gasteiger partial charge in [0, 0.05) is 22.3 Å². The van der Waals surface area contributed by atoms with Gasteiger partial charge in [-0.05, 0) is 32.9 Å². The lowest BCUT2D eigenvalue weighted by molar-refractivity contribution is 0.238. The molecule has 5 nitrogen and oxygen atoms in total. The SMILES string of the molecule is Cc1noc(C)c1[C@H](C)NC(=O)NC[C@H](C)Sc1ccccc1. The molecule has 0 unspecified atom stereocenters. The molecule has 2 rings (SSSR count). The van der Waals surface area contributed by atoms with Crippen molar-refractivity contribution in [1.82, 2.24) is 15.8 Å². The van der Waals surface area contributed by atoms with Gasteiger partial charge in [0.2, 0.25) is 0 Å². The van der Waals surface area contributed by atoms with Crippen LogP contribution < -0.4 is 10.6 Å². The first-order valence-electron chi connectivity index (χ1n) is 7.66. The molecule has 124 valence electrons. The van der Waals surface area contributed by atoms with E-state index in [0.717, 1.165) is 17.0 Å². The van der Waals surface area contributed by atoms with E-state index in [1.54, 1.807) is 11.8 Å². The number of hydrogen-bond acceptors (Lipinski definition) is 4.